The fourth-order valence-electron chi connectivity index (χ4n) is 1.54. The molecule has 82 valence electrons. The van der Waals surface area contributed by atoms with Gasteiger partial charge in [0.15, 0.2) is 0 Å². The topological polar surface area (TPSA) is 38.2 Å². The average Bonchev–Trinajstić information content (AvgIpc) is 2.30. The number of hydrogen-bond acceptors (Lipinski definition) is 4. The first kappa shape index (κ1) is 10.9. The number of alkyl halides is 1. The Morgan fingerprint density at radius 3 is 2.73 bits per heavy atom. The number of hydrogen-bond donors (Lipinski definition) is 0. The highest BCUT2D eigenvalue weighted by Gasteiger charge is 2.17. The number of nitrogens with zero attached hydrogens (tertiary/aromatic N) is 3. The monoisotopic (exact) mass is 247 g/mol. The lowest BCUT2D eigenvalue weighted by atomic mass is 10.3. The van der Waals surface area contributed by atoms with Crippen molar-refractivity contribution in [3.05, 3.63) is 17.0 Å². The summed E-state index contributed by atoms with van der Waals surface area (Å²) in [5.41, 5.74) is 0.794. The molecule has 1 aromatic rings. The van der Waals surface area contributed by atoms with Gasteiger partial charge >= 0.3 is 0 Å². The van der Waals surface area contributed by atoms with Gasteiger partial charge in [-0.2, -0.15) is 0 Å². The van der Waals surface area contributed by atoms with E-state index in [4.69, 9.17) is 27.9 Å². The number of anilines is 1. The second-order valence-electron chi connectivity index (χ2n) is 3.20. The average molecular weight is 248 g/mol. The van der Waals surface area contributed by atoms with E-state index in [2.05, 4.69) is 14.9 Å². The summed E-state index contributed by atoms with van der Waals surface area (Å²) in [5.74, 6) is 1.15. The molecule has 0 spiro atoms. The van der Waals surface area contributed by atoms with Crippen LogP contribution in [0, 0.1) is 0 Å². The molecule has 6 heteroatoms. The molecule has 0 aliphatic carbocycles. The highest BCUT2D eigenvalue weighted by Crippen LogP contribution is 2.25. The smallest absolute Gasteiger partial charge is 0.138 e. The molecule has 0 aromatic carbocycles. The number of halogens is 2. The van der Waals surface area contributed by atoms with Gasteiger partial charge in [0.1, 0.15) is 17.3 Å². The molecule has 0 bridgehead atoms. The van der Waals surface area contributed by atoms with Gasteiger partial charge in [0.25, 0.3) is 0 Å². The van der Waals surface area contributed by atoms with Gasteiger partial charge in [0.2, 0.25) is 0 Å². The maximum Gasteiger partial charge on any atom is 0.138 e. The summed E-state index contributed by atoms with van der Waals surface area (Å²) < 4.78 is 5.27. The summed E-state index contributed by atoms with van der Waals surface area (Å²) in [6.07, 6.45) is 1.46. The van der Waals surface area contributed by atoms with E-state index in [1.807, 2.05) is 0 Å². The van der Waals surface area contributed by atoms with E-state index in [-0.39, 0.29) is 0 Å². The molecule has 1 aliphatic heterocycles. The van der Waals surface area contributed by atoms with Gasteiger partial charge in [0, 0.05) is 18.7 Å². The molecular formula is C9H11Cl2N3O. The Hall–Kier alpha value is -0.580. The van der Waals surface area contributed by atoms with Crippen LogP contribution in [0.4, 0.5) is 5.82 Å². The van der Waals surface area contributed by atoms with Crippen LogP contribution in [0.3, 0.4) is 0 Å². The van der Waals surface area contributed by atoms with Crippen LogP contribution in [0.25, 0.3) is 0 Å². The van der Waals surface area contributed by atoms with Gasteiger partial charge in [-0.15, -0.1) is 11.6 Å². The highest BCUT2D eigenvalue weighted by molar-refractivity contribution is 6.31. The molecule has 0 unspecified atom stereocenters. The Morgan fingerprint density at radius 1 is 1.33 bits per heavy atom. The zero-order valence-corrected chi connectivity index (χ0v) is 9.63. The van der Waals surface area contributed by atoms with Crippen LogP contribution in [0.15, 0.2) is 6.33 Å². The molecule has 0 N–H and O–H groups in total. The first-order valence-electron chi connectivity index (χ1n) is 4.71. The molecule has 0 amide bonds. The van der Waals surface area contributed by atoms with E-state index in [1.165, 1.54) is 6.33 Å². The van der Waals surface area contributed by atoms with E-state index >= 15 is 0 Å². The SMILES string of the molecule is ClCc1c(Cl)ncnc1N1CCOCC1. The van der Waals surface area contributed by atoms with Crippen molar-refractivity contribution in [3.63, 3.8) is 0 Å². The molecule has 1 aliphatic rings. The van der Waals surface area contributed by atoms with Crippen LogP contribution in [0.2, 0.25) is 5.15 Å². The third-order valence-electron chi connectivity index (χ3n) is 2.31. The largest absolute Gasteiger partial charge is 0.378 e. The summed E-state index contributed by atoms with van der Waals surface area (Å²) in [4.78, 5) is 10.3. The number of rotatable bonds is 2. The summed E-state index contributed by atoms with van der Waals surface area (Å²) in [6, 6.07) is 0. The molecule has 2 rings (SSSR count). The summed E-state index contributed by atoms with van der Waals surface area (Å²) in [6.45, 7) is 3.06. The second-order valence-corrected chi connectivity index (χ2v) is 3.82. The third kappa shape index (κ3) is 2.33. The van der Waals surface area contributed by atoms with Crippen molar-refractivity contribution in [2.45, 2.75) is 5.88 Å². The molecule has 4 nitrogen and oxygen atoms in total. The van der Waals surface area contributed by atoms with E-state index in [0.717, 1.165) is 24.5 Å². The molecular weight excluding hydrogens is 237 g/mol. The first-order valence-corrected chi connectivity index (χ1v) is 5.62. The van der Waals surface area contributed by atoms with Crippen molar-refractivity contribution >= 4 is 29.0 Å². The molecule has 1 aromatic heterocycles. The molecule has 1 fully saturated rings. The summed E-state index contributed by atoms with van der Waals surface area (Å²) in [5, 5.41) is 0.432. The fourth-order valence-corrected chi connectivity index (χ4v) is 2.05. The minimum Gasteiger partial charge on any atom is -0.378 e. The van der Waals surface area contributed by atoms with Crippen molar-refractivity contribution in [3.8, 4) is 0 Å². The normalized spacial score (nSPS) is 16.8. The molecule has 0 atom stereocenters. The van der Waals surface area contributed by atoms with E-state index in [1.54, 1.807) is 0 Å². The highest BCUT2D eigenvalue weighted by atomic mass is 35.5. The van der Waals surface area contributed by atoms with Crippen molar-refractivity contribution in [1.82, 2.24) is 9.97 Å². The predicted molar refractivity (Wildman–Crippen MR) is 59.6 cm³/mol. The lowest BCUT2D eigenvalue weighted by Crippen LogP contribution is -2.37. The molecule has 2 heterocycles. The molecule has 15 heavy (non-hydrogen) atoms. The van der Waals surface area contributed by atoms with E-state index in [0.29, 0.717) is 24.2 Å². The van der Waals surface area contributed by atoms with Gasteiger partial charge in [0.05, 0.1) is 19.1 Å². The van der Waals surface area contributed by atoms with Crippen LogP contribution < -0.4 is 4.90 Å². The quantitative estimate of drug-likeness (QED) is 0.589. The Balaban J connectivity index is 2.29. The Kier molecular flexibility index (Phi) is 3.61. The Labute approximate surface area is 98.2 Å². The van der Waals surface area contributed by atoms with Crippen LogP contribution in [-0.2, 0) is 10.6 Å². The third-order valence-corrected chi connectivity index (χ3v) is 2.91. The number of morpholine rings is 1. The van der Waals surface area contributed by atoms with Gasteiger partial charge < -0.3 is 9.64 Å². The van der Waals surface area contributed by atoms with Crippen LogP contribution in [0.1, 0.15) is 5.56 Å². The Bertz CT molecular complexity index is 342. The van der Waals surface area contributed by atoms with Crippen molar-refractivity contribution < 1.29 is 4.74 Å². The summed E-state index contributed by atoms with van der Waals surface area (Å²) in [7, 11) is 0. The van der Waals surface area contributed by atoms with E-state index in [9.17, 15) is 0 Å². The van der Waals surface area contributed by atoms with Crippen molar-refractivity contribution in [1.29, 1.82) is 0 Å². The number of ether oxygens (including phenoxy) is 1. The lowest BCUT2D eigenvalue weighted by molar-refractivity contribution is 0.122. The van der Waals surface area contributed by atoms with Crippen LogP contribution in [-0.4, -0.2) is 36.3 Å². The van der Waals surface area contributed by atoms with Crippen molar-refractivity contribution in [2.75, 3.05) is 31.2 Å². The maximum absolute atomic E-state index is 5.96. The van der Waals surface area contributed by atoms with Crippen LogP contribution >= 0.6 is 23.2 Å². The first-order chi connectivity index (χ1) is 7.33. The standard InChI is InChI=1S/C9H11Cl2N3O/c10-5-7-8(11)12-6-13-9(7)14-1-3-15-4-2-14/h6H,1-5H2. The second kappa shape index (κ2) is 4.96. The molecule has 0 saturated carbocycles. The zero-order chi connectivity index (χ0) is 10.7. The minimum atomic E-state index is 0.326. The van der Waals surface area contributed by atoms with Crippen LogP contribution in [0.5, 0.6) is 0 Å². The van der Waals surface area contributed by atoms with E-state index < -0.39 is 0 Å². The Morgan fingerprint density at radius 2 is 2.07 bits per heavy atom. The predicted octanol–water partition coefficient (Wildman–Crippen LogP) is 1.71. The van der Waals surface area contributed by atoms with Gasteiger partial charge in [-0.1, -0.05) is 11.6 Å². The zero-order valence-electron chi connectivity index (χ0n) is 8.12. The number of aromatic nitrogens is 2. The van der Waals surface area contributed by atoms with Gasteiger partial charge in [-0.25, -0.2) is 9.97 Å². The summed E-state index contributed by atoms with van der Waals surface area (Å²) >= 11 is 11.8. The minimum absolute atomic E-state index is 0.326. The van der Waals surface area contributed by atoms with Gasteiger partial charge in [-0.3, -0.25) is 0 Å². The fraction of sp³-hybridized carbons (Fsp3) is 0.556. The molecule has 1 saturated heterocycles. The lowest BCUT2D eigenvalue weighted by Gasteiger charge is -2.29. The maximum atomic E-state index is 5.96. The van der Waals surface area contributed by atoms with Crippen molar-refractivity contribution in [2.24, 2.45) is 0 Å². The van der Waals surface area contributed by atoms with Gasteiger partial charge in [-0.05, 0) is 0 Å². The molecule has 0 radical (unpaired) electrons.